The molecule has 0 heterocycles. The predicted molar refractivity (Wildman–Crippen MR) is 123 cm³/mol. The van der Waals surface area contributed by atoms with Gasteiger partial charge in [-0.15, -0.1) is 0 Å². The Hall–Kier alpha value is -3.83. The van der Waals surface area contributed by atoms with Crippen LogP contribution in [0.2, 0.25) is 5.02 Å². The zero-order valence-corrected chi connectivity index (χ0v) is 17.2. The lowest BCUT2D eigenvalue weighted by atomic mass is 10.0. The highest BCUT2D eigenvalue weighted by atomic mass is 35.5. The van der Waals surface area contributed by atoms with Crippen LogP contribution in [-0.2, 0) is 6.61 Å². The fraction of sp³-hybridized carbons (Fsp3) is 0.0400. The Morgan fingerprint density at radius 2 is 1.71 bits per heavy atom. The van der Waals surface area contributed by atoms with Gasteiger partial charge in [-0.05, 0) is 35.0 Å². The van der Waals surface area contributed by atoms with Crippen molar-refractivity contribution in [3.8, 4) is 11.5 Å². The molecule has 0 unspecified atom stereocenters. The lowest BCUT2D eigenvalue weighted by molar-refractivity contribution is 0.0952. The van der Waals surface area contributed by atoms with Crippen LogP contribution in [-0.4, -0.2) is 17.2 Å². The fourth-order valence-corrected chi connectivity index (χ4v) is 3.38. The largest absolute Gasteiger partial charge is 0.507 e. The number of para-hydroxylation sites is 1. The SMILES string of the molecule is O=C(NN=Cc1c(OCc2ccccc2Cl)ccc2ccccc12)c1ccccc1O. The van der Waals surface area contributed by atoms with E-state index in [9.17, 15) is 9.90 Å². The Labute approximate surface area is 184 Å². The third kappa shape index (κ3) is 4.68. The molecule has 6 heteroatoms. The first-order chi connectivity index (χ1) is 15.1. The van der Waals surface area contributed by atoms with Crippen molar-refractivity contribution < 1.29 is 14.6 Å². The number of hydrogen-bond acceptors (Lipinski definition) is 4. The number of ether oxygens (including phenoxy) is 1. The Bertz CT molecular complexity index is 1270. The van der Waals surface area contributed by atoms with E-state index in [1.165, 1.54) is 12.1 Å². The second-order valence-corrected chi connectivity index (χ2v) is 7.20. The van der Waals surface area contributed by atoms with Gasteiger partial charge in [0.05, 0.1) is 11.8 Å². The minimum atomic E-state index is -0.506. The number of phenolic OH excluding ortho intramolecular Hbond substituents is 1. The molecular weight excluding hydrogens is 412 g/mol. The third-order valence-electron chi connectivity index (χ3n) is 4.78. The van der Waals surface area contributed by atoms with E-state index < -0.39 is 5.91 Å². The van der Waals surface area contributed by atoms with Gasteiger partial charge in [-0.3, -0.25) is 4.79 Å². The number of rotatable bonds is 6. The van der Waals surface area contributed by atoms with Crippen molar-refractivity contribution in [3.63, 3.8) is 0 Å². The molecule has 0 radical (unpaired) electrons. The maximum atomic E-state index is 12.3. The van der Waals surface area contributed by atoms with Crippen LogP contribution in [0.3, 0.4) is 0 Å². The van der Waals surface area contributed by atoms with E-state index in [1.807, 2.05) is 60.7 Å². The summed E-state index contributed by atoms with van der Waals surface area (Å²) in [4.78, 5) is 12.3. The van der Waals surface area contributed by atoms with E-state index in [1.54, 1.807) is 18.3 Å². The molecule has 0 aliphatic rings. The second kappa shape index (κ2) is 9.32. The van der Waals surface area contributed by atoms with Gasteiger partial charge >= 0.3 is 0 Å². The van der Waals surface area contributed by atoms with E-state index in [0.717, 1.165) is 21.9 Å². The molecule has 4 aromatic rings. The number of fused-ring (bicyclic) bond motifs is 1. The lowest BCUT2D eigenvalue weighted by Crippen LogP contribution is -2.17. The zero-order valence-electron chi connectivity index (χ0n) is 16.5. The van der Waals surface area contributed by atoms with E-state index in [0.29, 0.717) is 17.4 Å². The van der Waals surface area contributed by atoms with E-state index in [4.69, 9.17) is 16.3 Å². The molecule has 1 amide bonds. The average molecular weight is 431 g/mol. The normalized spacial score (nSPS) is 11.0. The first-order valence-corrected chi connectivity index (χ1v) is 10.0. The Kier molecular flexibility index (Phi) is 6.15. The Balaban J connectivity index is 1.61. The molecule has 154 valence electrons. The highest BCUT2D eigenvalue weighted by molar-refractivity contribution is 6.31. The molecule has 0 aliphatic heterocycles. The maximum Gasteiger partial charge on any atom is 0.275 e. The summed E-state index contributed by atoms with van der Waals surface area (Å²) in [6.45, 7) is 0.295. The van der Waals surface area contributed by atoms with E-state index in [-0.39, 0.29) is 11.3 Å². The van der Waals surface area contributed by atoms with Crippen molar-refractivity contribution in [2.45, 2.75) is 6.61 Å². The number of carbonyl (C=O) groups is 1. The molecule has 0 saturated heterocycles. The van der Waals surface area contributed by atoms with Gasteiger partial charge in [-0.2, -0.15) is 5.10 Å². The number of benzene rings is 4. The molecule has 4 rings (SSSR count). The molecule has 4 aromatic carbocycles. The van der Waals surface area contributed by atoms with Crippen LogP contribution in [0.15, 0.2) is 90.0 Å². The summed E-state index contributed by atoms with van der Waals surface area (Å²) in [5.74, 6) is -0.00331. The Morgan fingerprint density at radius 3 is 2.55 bits per heavy atom. The third-order valence-corrected chi connectivity index (χ3v) is 5.15. The van der Waals surface area contributed by atoms with Gasteiger partial charge < -0.3 is 9.84 Å². The number of phenols is 1. The van der Waals surface area contributed by atoms with Gasteiger partial charge in [0, 0.05) is 16.1 Å². The van der Waals surface area contributed by atoms with Crippen LogP contribution < -0.4 is 10.2 Å². The van der Waals surface area contributed by atoms with Crippen molar-refractivity contribution in [1.29, 1.82) is 0 Å². The van der Waals surface area contributed by atoms with Crippen LogP contribution in [0.4, 0.5) is 0 Å². The topological polar surface area (TPSA) is 70.9 Å². The first-order valence-electron chi connectivity index (χ1n) is 9.63. The summed E-state index contributed by atoms with van der Waals surface area (Å²) < 4.78 is 6.05. The predicted octanol–water partition coefficient (Wildman–Crippen LogP) is 5.54. The molecule has 0 aromatic heterocycles. The molecule has 0 atom stereocenters. The van der Waals surface area contributed by atoms with E-state index >= 15 is 0 Å². The number of hydrogen-bond donors (Lipinski definition) is 2. The molecule has 0 fully saturated rings. The summed E-state index contributed by atoms with van der Waals surface area (Å²) in [6.07, 6.45) is 1.54. The fourth-order valence-electron chi connectivity index (χ4n) is 3.19. The number of halogens is 1. The molecule has 0 saturated carbocycles. The summed E-state index contributed by atoms with van der Waals surface area (Å²) in [6, 6.07) is 25.5. The zero-order chi connectivity index (χ0) is 21.6. The van der Waals surface area contributed by atoms with Gasteiger partial charge in [0.2, 0.25) is 0 Å². The smallest absolute Gasteiger partial charge is 0.275 e. The molecule has 0 bridgehead atoms. The van der Waals surface area contributed by atoms with Gasteiger partial charge in [0.25, 0.3) is 5.91 Å². The number of carbonyl (C=O) groups excluding carboxylic acids is 1. The monoisotopic (exact) mass is 430 g/mol. The molecule has 31 heavy (non-hydrogen) atoms. The quantitative estimate of drug-likeness (QED) is 0.311. The maximum absolute atomic E-state index is 12.3. The minimum absolute atomic E-state index is 0.107. The molecule has 0 spiro atoms. The number of nitrogens with one attached hydrogen (secondary N) is 1. The summed E-state index contributed by atoms with van der Waals surface area (Å²) >= 11 is 6.24. The van der Waals surface area contributed by atoms with Crippen molar-refractivity contribution in [2.24, 2.45) is 5.10 Å². The molecule has 2 N–H and O–H groups in total. The highest BCUT2D eigenvalue weighted by Gasteiger charge is 2.11. The molecule has 5 nitrogen and oxygen atoms in total. The average Bonchev–Trinajstić information content (AvgIpc) is 2.79. The lowest BCUT2D eigenvalue weighted by Gasteiger charge is -2.12. The van der Waals surface area contributed by atoms with Gasteiger partial charge in [-0.25, -0.2) is 5.43 Å². The van der Waals surface area contributed by atoms with Crippen molar-refractivity contribution in [3.05, 3.63) is 107 Å². The number of aromatic hydroxyl groups is 1. The highest BCUT2D eigenvalue weighted by Crippen LogP contribution is 2.28. The van der Waals surface area contributed by atoms with Crippen LogP contribution in [0.1, 0.15) is 21.5 Å². The number of amides is 1. The van der Waals surface area contributed by atoms with Crippen molar-refractivity contribution in [1.82, 2.24) is 5.43 Å². The first kappa shape index (κ1) is 20.4. The van der Waals surface area contributed by atoms with Crippen LogP contribution in [0, 0.1) is 0 Å². The number of nitrogens with zero attached hydrogens (tertiary/aromatic N) is 1. The van der Waals surface area contributed by atoms with Crippen molar-refractivity contribution in [2.75, 3.05) is 0 Å². The Morgan fingerprint density at radius 1 is 0.968 bits per heavy atom. The van der Waals surface area contributed by atoms with Gasteiger partial charge in [0.1, 0.15) is 18.1 Å². The molecule has 0 aliphatic carbocycles. The summed E-state index contributed by atoms with van der Waals surface area (Å²) in [7, 11) is 0. The second-order valence-electron chi connectivity index (χ2n) is 6.79. The minimum Gasteiger partial charge on any atom is -0.507 e. The van der Waals surface area contributed by atoms with Crippen LogP contribution in [0.5, 0.6) is 11.5 Å². The van der Waals surface area contributed by atoms with Crippen molar-refractivity contribution >= 4 is 34.5 Å². The van der Waals surface area contributed by atoms with Crippen LogP contribution >= 0.6 is 11.6 Å². The van der Waals surface area contributed by atoms with Gasteiger partial charge in [0.15, 0.2) is 0 Å². The van der Waals surface area contributed by atoms with Gasteiger partial charge in [-0.1, -0.05) is 72.3 Å². The number of hydrazone groups is 1. The standard InChI is InChI=1S/C25H19ClN2O3/c26-22-11-5-2-8-18(22)16-31-24-14-13-17-7-1-3-9-19(17)21(24)15-27-28-25(30)20-10-4-6-12-23(20)29/h1-15,29H,16H2,(H,28,30). The van der Waals surface area contributed by atoms with Crippen LogP contribution in [0.25, 0.3) is 10.8 Å². The summed E-state index contributed by atoms with van der Waals surface area (Å²) in [5.41, 5.74) is 4.20. The summed E-state index contributed by atoms with van der Waals surface area (Å²) in [5, 5.41) is 16.5. The van der Waals surface area contributed by atoms with E-state index in [2.05, 4.69) is 10.5 Å². The molecular formula is C25H19ClN2O3.